The first-order chi connectivity index (χ1) is 8.15. The van der Waals surface area contributed by atoms with Gasteiger partial charge in [-0.05, 0) is 46.2 Å². The van der Waals surface area contributed by atoms with E-state index in [9.17, 15) is 0 Å². The van der Waals surface area contributed by atoms with E-state index < -0.39 is 0 Å². The van der Waals surface area contributed by atoms with E-state index in [4.69, 9.17) is 4.99 Å². The molecule has 0 aromatic rings. The van der Waals surface area contributed by atoms with Crippen LogP contribution in [0.5, 0.6) is 0 Å². The molecular weight excluding hydrogens is 230 g/mol. The lowest BCUT2D eigenvalue weighted by Gasteiger charge is -2.28. The van der Waals surface area contributed by atoms with Gasteiger partial charge >= 0.3 is 0 Å². The number of amidine groups is 1. The normalized spacial score (nSPS) is 34.9. The molecule has 0 spiro atoms. The second-order valence-corrected chi connectivity index (χ2v) is 6.87. The van der Waals surface area contributed by atoms with Crippen molar-refractivity contribution in [2.24, 2.45) is 4.99 Å². The molecule has 2 aliphatic heterocycles. The molecule has 98 valence electrons. The minimum atomic E-state index is 0.576. The Morgan fingerprint density at radius 3 is 2.76 bits per heavy atom. The summed E-state index contributed by atoms with van der Waals surface area (Å²) in [6, 6.07) is 1.17. The number of rotatable bonds is 3. The average molecular weight is 255 g/mol. The van der Waals surface area contributed by atoms with Crippen molar-refractivity contribution in [1.82, 2.24) is 10.2 Å². The van der Waals surface area contributed by atoms with Crippen LogP contribution in [-0.2, 0) is 0 Å². The Labute approximate surface area is 109 Å². The number of hydrogen-bond acceptors (Lipinski definition) is 3. The first-order valence-corrected chi connectivity index (χ1v) is 7.75. The number of nitrogens with zero attached hydrogens (tertiary/aromatic N) is 2. The Bertz CT molecular complexity index is 262. The molecule has 3 unspecified atom stereocenters. The van der Waals surface area contributed by atoms with Crippen molar-refractivity contribution in [1.29, 1.82) is 0 Å². The van der Waals surface area contributed by atoms with Crippen LogP contribution in [0, 0.1) is 0 Å². The Balaban J connectivity index is 1.82. The van der Waals surface area contributed by atoms with Gasteiger partial charge in [0.05, 0.1) is 6.54 Å². The number of likely N-dealkylation sites (tertiary alicyclic amines) is 1. The first kappa shape index (κ1) is 13.2. The minimum Gasteiger partial charge on any atom is -0.362 e. The summed E-state index contributed by atoms with van der Waals surface area (Å²) in [5.74, 6) is 0. The van der Waals surface area contributed by atoms with E-state index in [-0.39, 0.29) is 0 Å². The quantitative estimate of drug-likeness (QED) is 0.839. The van der Waals surface area contributed by atoms with Gasteiger partial charge in [-0.3, -0.25) is 9.89 Å². The van der Waals surface area contributed by atoms with E-state index in [2.05, 4.69) is 31.0 Å². The van der Waals surface area contributed by atoms with Crippen molar-refractivity contribution < 1.29 is 0 Å². The lowest BCUT2D eigenvalue weighted by atomic mass is 10.2. The fourth-order valence-electron chi connectivity index (χ4n) is 2.64. The minimum absolute atomic E-state index is 0.576. The molecule has 3 atom stereocenters. The van der Waals surface area contributed by atoms with Gasteiger partial charge in [-0.25, -0.2) is 0 Å². The summed E-state index contributed by atoms with van der Waals surface area (Å²) >= 11 is 1.89. The standard InChI is InChI=1S/C13H25N3S/c1-10-8-12(3)17-13(15-10)14-9-11(2)16-6-4-5-7-16/h10-12H,4-9H2,1-3H3,(H,14,15). The Morgan fingerprint density at radius 1 is 1.41 bits per heavy atom. The molecule has 2 rings (SSSR count). The maximum absolute atomic E-state index is 4.76. The fraction of sp³-hybridized carbons (Fsp3) is 0.923. The Kier molecular flexibility index (Phi) is 4.74. The second-order valence-electron chi connectivity index (χ2n) is 5.45. The van der Waals surface area contributed by atoms with Crippen molar-refractivity contribution in [3.05, 3.63) is 0 Å². The summed E-state index contributed by atoms with van der Waals surface area (Å²) < 4.78 is 0. The van der Waals surface area contributed by atoms with Gasteiger partial charge in [0, 0.05) is 17.3 Å². The van der Waals surface area contributed by atoms with Gasteiger partial charge in [-0.2, -0.15) is 0 Å². The van der Waals surface area contributed by atoms with Crippen molar-refractivity contribution in [2.45, 2.75) is 57.4 Å². The predicted molar refractivity (Wildman–Crippen MR) is 76.8 cm³/mol. The molecule has 2 heterocycles. The van der Waals surface area contributed by atoms with Crippen LogP contribution in [0.25, 0.3) is 0 Å². The highest BCUT2D eigenvalue weighted by Crippen LogP contribution is 2.22. The number of thioether (sulfide) groups is 1. The van der Waals surface area contributed by atoms with E-state index >= 15 is 0 Å². The largest absolute Gasteiger partial charge is 0.362 e. The molecular formula is C13H25N3S. The van der Waals surface area contributed by atoms with Crippen LogP contribution in [0.15, 0.2) is 4.99 Å². The SMILES string of the molecule is CC1CC(C)SC(=NCC(C)N2CCCC2)N1. The zero-order valence-electron chi connectivity index (χ0n) is 11.3. The molecule has 2 fully saturated rings. The van der Waals surface area contributed by atoms with Gasteiger partial charge in [0.1, 0.15) is 0 Å². The van der Waals surface area contributed by atoms with Crippen molar-refractivity contribution in [3.63, 3.8) is 0 Å². The Morgan fingerprint density at radius 2 is 2.12 bits per heavy atom. The van der Waals surface area contributed by atoms with E-state index in [0.717, 1.165) is 11.7 Å². The zero-order valence-corrected chi connectivity index (χ0v) is 12.1. The van der Waals surface area contributed by atoms with E-state index in [1.165, 1.54) is 32.4 Å². The number of nitrogens with one attached hydrogen (secondary N) is 1. The molecule has 2 aliphatic rings. The third kappa shape index (κ3) is 3.88. The van der Waals surface area contributed by atoms with Crippen LogP contribution < -0.4 is 5.32 Å². The molecule has 3 nitrogen and oxygen atoms in total. The van der Waals surface area contributed by atoms with Crippen LogP contribution in [0.4, 0.5) is 0 Å². The molecule has 0 aromatic heterocycles. The van der Waals surface area contributed by atoms with Gasteiger partial charge in [-0.1, -0.05) is 18.7 Å². The molecule has 0 aromatic carbocycles. The maximum Gasteiger partial charge on any atom is 0.157 e. The van der Waals surface area contributed by atoms with Gasteiger partial charge in [0.15, 0.2) is 5.17 Å². The topological polar surface area (TPSA) is 27.6 Å². The number of aliphatic imine (C=N–C) groups is 1. The molecule has 4 heteroatoms. The fourth-order valence-corrected chi connectivity index (χ4v) is 3.82. The van der Waals surface area contributed by atoms with E-state index in [0.29, 0.717) is 17.3 Å². The predicted octanol–water partition coefficient (Wildman–Crippen LogP) is 2.33. The number of hydrogen-bond donors (Lipinski definition) is 1. The summed E-state index contributed by atoms with van der Waals surface area (Å²) in [5.41, 5.74) is 0. The summed E-state index contributed by atoms with van der Waals surface area (Å²) in [7, 11) is 0. The van der Waals surface area contributed by atoms with E-state index in [1.807, 2.05) is 11.8 Å². The third-order valence-corrected chi connectivity index (χ3v) is 4.70. The van der Waals surface area contributed by atoms with Gasteiger partial charge in [-0.15, -0.1) is 0 Å². The van der Waals surface area contributed by atoms with Gasteiger partial charge in [0.2, 0.25) is 0 Å². The van der Waals surface area contributed by atoms with Crippen molar-refractivity contribution >= 4 is 16.9 Å². The van der Waals surface area contributed by atoms with Gasteiger partial charge in [0.25, 0.3) is 0 Å². The smallest absolute Gasteiger partial charge is 0.157 e. The van der Waals surface area contributed by atoms with Crippen LogP contribution in [0.1, 0.15) is 40.0 Å². The Hall–Kier alpha value is -0.220. The second kappa shape index (κ2) is 6.10. The van der Waals surface area contributed by atoms with Crippen LogP contribution in [-0.4, -0.2) is 47.0 Å². The first-order valence-electron chi connectivity index (χ1n) is 6.87. The monoisotopic (exact) mass is 255 g/mol. The van der Waals surface area contributed by atoms with E-state index in [1.54, 1.807) is 0 Å². The summed E-state index contributed by atoms with van der Waals surface area (Å²) in [6.45, 7) is 10.3. The molecule has 1 N–H and O–H groups in total. The summed E-state index contributed by atoms with van der Waals surface area (Å²) in [5, 5.41) is 5.34. The third-order valence-electron chi connectivity index (χ3n) is 3.63. The molecule has 0 amide bonds. The maximum atomic E-state index is 4.76. The zero-order chi connectivity index (χ0) is 12.3. The molecule has 17 heavy (non-hydrogen) atoms. The molecule has 0 aliphatic carbocycles. The lowest BCUT2D eigenvalue weighted by Crippen LogP contribution is -2.39. The summed E-state index contributed by atoms with van der Waals surface area (Å²) in [4.78, 5) is 7.32. The molecule has 0 bridgehead atoms. The van der Waals surface area contributed by atoms with Gasteiger partial charge < -0.3 is 5.32 Å². The van der Waals surface area contributed by atoms with Crippen LogP contribution >= 0.6 is 11.8 Å². The highest BCUT2D eigenvalue weighted by molar-refractivity contribution is 8.14. The molecule has 2 saturated heterocycles. The lowest BCUT2D eigenvalue weighted by molar-refractivity contribution is 0.265. The summed E-state index contributed by atoms with van der Waals surface area (Å²) in [6.07, 6.45) is 3.97. The van der Waals surface area contributed by atoms with Crippen LogP contribution in [0.3, 0.4) is 0 Å². The average Bonchev–Trinajstić information content (AvgIpc) is 2.78. The van der Waals surface area contributed by atoms with Crippen molar-refractivity contribution in [3.8, 4) is 0 Å². The van der Waals surface area contributed by atoms with Crippen molar-refractivity contribution in [2.75, 3.05) is 19.6 Å². The van der Waals surface area contributed by atoms with Crippen LogP contribution in [0.2, 0.25) is 0 Å². The molecule has 0 saturated carbocycles. The molecule has 0 radical (unpaired) electrons. The highest BCUT2D eigenvalue weighted by atomic mass is 32.2. The highest BCUT2D eigenvalue weighted by Gasteiger charge is 2.21.